The Labute approximate surface area is 150 Å². The third-order valence-corrected chi connectivity index (χ3v) is 6.43. The summed E-state index contributed by atoms with van der Waals surface area (Å²) < 4.78 is 2.63. The molecule has 0 radical (unpaired) electrons. The van der Waals surface area contributed by atoms with Crippen molar-refractivity contribution in [1.82, 2.24) is 9.47 Å². The molecule has 5 rings (SSSR count). The van der Waals surface area contributed by atoms with Gasteiger partial charge in [-0.2, -0.15) is 0 Å². The highest BCUT2D eigenvalue weighted by Crippen LogP contribution is 2.45. The van der Waals surface area contributed by atoms with Crippen LogP contribution in [0, 0.1) is 0 Å². The number of rotatable bonds is 3. The predicted molar refractivity (Wildman–Crippen MR) is 104 cm³/mol. The first kappa shape index (κ1) is 15.2. The summed E-state index contributed by atoms with van der Waals surface area (Å²) in [6, 6.07) is 21.3. The summed E-state index contributed by atoms with van der Waals surface area (Å²) in [4.78, 5) is 2.65. The SMILES string of the molecule is CN1C2CCCC1c1c(n(CCc3ccccc3)c3ccccc13)C2. The van der Waals surface area contributed by atoms with Gasteiger partial charge in [0.05, 0.1) is 0 Å². The maximum absolute atomic E-state index is 2.65. The third-order valence-electron chi connectivity index (χ3n) is 6.43. The van der Waals surface area contributed by atoms with Gasteiger partial charge in [0, 0.05) is 41.6 Å². The first-order valence-corrected chi connectivity index (χ1v) is 9.69. The molecule has 128 valence electrons. The molecule has 1 fully saturated rings. The first-order chi connectivity index (χ1) is 12.3. The van der Waals surface area contributed by atoms with Crippen molar-refractivity contribution < 1.29 is 0 Å². The van der Waals surface area contributed by atoms with Crippen molar-refractivity contribution in [1.29, 1.82) is 0 Å². The van der Waals surface area contributed by atoms with E-state index in [0.717, 1.165) is 19.0 Å². The lowest BCUT2D eigenvalue weighted by molar-refractivity contribution is 0.0988. The summed E-state index contributed by atoms with van der Waals surface area (Å²) in [6.45, 7) is 1.09. The summed E-state index contributed by atoms with van der Waals surface area (Å²) in [5.74, 6) is 0. The van der Waals surface area contributed by atoms with Crippen LogP contribution in [0.4, 0.5) is 0 Å². The average Bonchev–Trinajstić information content (AvgIpc) is 2.94. The second-order valence-electron chi connectivity index (χ2n) is 7.73. The van der Waals surface area contributed by atoms with Crippen molar-refractivity contribution in [2.45, 2.75) is 50.7 Å². The van der Waals surface area contributed by atoms with Crippen LogP contribution in [0.2, 0.25) is 0 Å². The van der Waals surface area contributed by atoms with Gasteiger partial charge >= 0.3 is 0 Å². The number of aromatic nitrogens is 1. The van der Waals surface area contributed by atoms with E-state index in [1.807, 2.05) is 0 Å². The van der Waals surface area contributed by atoms with E-state index in [0.29, 0.717) is 6.04 Å². The van der Waals surface area contributed by atoms with Gasteiger partial charge in [0.2, 0.25) is 0 Å². The summed E-state index contributed by atoms with van der Waals surface area (Å²) in [5, 5.41) is 1.49. The van der Waals surface area contributed by atoms with Crippen LogP contribution in [0.25, 0.3) is 10.9 Å². The van der Waals surface area contributed by atoms with E-state index in [4.69, 9.17) is 0 Å². The van der Waals surface area contributed by atoms with Gasteiger partial charge in [0.15, 0.2) is 0 Å². The van der Waals surface area contributed by atoms with Gasteiger partial charge in [0.25, 0.3) is 0 Å². The lowest BCUT2D eigenvalue weighted by atomic mass is 9.82. The minimum Gasteiger partial charge on any atom is -0.344 e. The van der Waals surface area contributed by atoms with Crippen LogP contribution in [0.3, 0.4) is 0 Å². The zero-order chi connectivity index (χ0) is 16.8. The Morgan fingerprint density at radius 2 is 1.76 bits per heavy atom. The predicted octanol–water partition coefficient (Wildman–Crippen LogP) is 4.97. The molecule has 0 saturated carbocycles. The van der Waals surface area contributed by atoms with Crippen molar-refractivity contribution in [2.24, 2.45) is 0 Å². The van der Waals surface area contributed by atoms with Gasteiger partial charge in [0.1, 0.15) is 0 Å². The Morgan fingerprint density at radius 3 is 2.64 bits per heavy atom. The zero-order valence-electron chi connectivity index (χ0n) is 15.0. The Hall–Kier alpha value is -2.06. The molecule has 2 heteroatoms. The Bertz CT molecular complexity index is 893. The lowest BCUT2D eigenvalue weighted by Crippen LogP contribution is -2.44. The van der Waals surface area contributed by atoms with Crippen LogP contribution < -0.4 is 0 Å². The van der Waals surface area contributed by atoms with Crippen LogP contribution in [-0.2, 0) is 19.4 Å². The van der Waals surface area contributed by atoms with E-state index >= 15 is 0 Å². The molecule has 2 aromatic carbocycles. The molecule has 25 heavy (non-hydrogen) atoms. The highest BCUT2D eigenvalue weighted by atomic mass is 15.2. The monoisotopic (exact) mass is 330 g/mol. The molecule has 1 aromatic heterocycles. The van der Waals surface area contributed by atoms with Crippen molar-refractivity contribution in [3.63, 3.8) is 0 Å². The molecular weight excluding hydrogens is 304 g/mol. The van der Waals surface area contributed by atoms with Crippen LogP contribution in [-0.4, -0.2) is 22.6 Å². The molecule has 1 saturated heterocycles. The second-order valence-corrected chi connectivity index (χ2v) is 7.73. The van der Waals surface area contributed by atoms with Crippen molar-refractivity contribution in [3.8, 4) is 0 Å². The van der Waals surface area contributed by atoms with Crippen LogP contribution in [0.1, 0.15) is 42.1 Å². The number of fused-ring (bicyclic) bond motifs is 6. The molecule has 2 aliphatic rings. The van der Waals surface area contributed by atoms with E-state index in [1.54, 1.807) is 11.3 Å². The van der Waals surface area contributed by atoms with Gasteiger partial charge in [-0.1, -0.05) is 48.5 Å². The van der Waals surface area contributed by atoms with Gasteiger partial charge in [-0.25, -0.2) is 0 Å². The normalized spacial score (nSPS) is 22.9. The van der Waals surface area contributed by atoms with E-state index < -0.39 is 0 Å². The molecule has 3 aromatic rings. The topological polar surface area (TPSA) is 8.17 Å². The molecular formula is C23H26N2. The number of hydrogen-bond donors (Lipinski definition) is 0. The molecule has 2 atom stereocenters. The molecule has 2 bridgehead atoms. The maximum atomic E-state index is 2.65. The number of hydrogen-bond acceptors (Lipinski definition) is 1. The van der Waals surface area contributed by atoms with Crippen LogP contribution >= 0.6 is 0 Å². The van der Waals surface area contributed by atoms with Gasteiger partial charge < -0.3 is 4.57 Å². The van der Waals surface area contributed by atoms with E-state index in [9.17, 15) is 0 Å². The number of likely N-dealkylation sites (N-methyl/N-ethyl adjacent to an activating group) is 1. The van der Waals surface area contributed by atoms with E-state index in [1.165, 1.54) is 42.1 Å². The van der Waals surface area contributed by atoms with Crippen LogP contribution in [0.15, 0.2) is 54.6 Å². The third kappa shape index (κ3) is 2.43. The molecule has 2 aliphatic heterocycles. The van der Waals surface area contributed by atoms with Crippen molar-refractivity contribution in [3.05, 3.63) is 71.4 Å². The standard InChI is InChI=1S/C23H26N2/c1-24-18-10-7-13-21(24)23-19-11-5-6-12-20(19)25(22(23)16-18)15-14-17-8-3-2-4-9-17/h2-6,8-9,11-12,18,21H,7,10,13-16H2,1H3. The smallest absolute Gasteiger partial charge is 0.0486 e. The molecule has 0 spiro atoms. The Balaban J connectivity index is 1.61. The summed E-state index contributed by atoms with van der Waals surface area (Å²) >= 11 is 0. The largest absolute Gasteiger partial charge is 0.344 e. The van der Waals surface area contributed by atoms with E-state index in [2.05, 4.69) is 71.1 Å². The fraction of sp³-hybridized carbons (Fsp3) is 0.391. The quantitative estimate of drug-likeness (QED) is 0.658. The number of benzene rings is 2. The first-order valence-electron chi connectivity index (χ1n) is 9.69. The highest BCUT2D eigenvalue weighted by Gasteiger charge is 2.38. The number of aryl methyl sites for hydroxylation is 2. The highest BCUT2D eigenvalue weighted by molar-refractivity contribution is 5.86. The molecule has 0 amide bonds. The molecule has 2 unspecified atom stereocenters. The van der Waals surface area contributed by atoms with Gasteiger partial charge in [-0.05, 0) is 49.9 Å². The average molecular weight is 330 g/mol. The fourth-order valence-electron chi connectivity index (χ4n) is 5.14. The zero-order valence-corrected chi connectivity index (χ0v) is 15.0. The second kappa shape index (κ2) is 6.03. The summed E-state index contributed by atoms with van der Waals surface area (Å²) in [5.41, 5.74) is 6.11. The number of piperidine rings is 1. The molecule has 3 heterocycles. The lowest BCUT2D eigenvalue weighted by Gasteiger charge is -2.44. The van der Waals surface area contributed by atoms with Gasteiger partial charge in [-0.3, -0.25) is 4.90 Å². The molecule has 2 nitrogen and oxygen atoms in total. The molecule has 0 N–H and O–H groups in total. The minimum atomic E-state index is 0.616. The van der Waals surface area contributed by atoms with Crippen molar-refractivity contribution in [2.75, 3.05) is 7.05 Å². The van der Waals surface area contributed by atoms with Gasteiger partial charge in [-0.15, -0.1) is 0 Å². The Kier molecular flexibility index (Phi) is 3.67. The summed E-state index contributed by atoms with van der Waals surface area (Å²) in [7, 11) is 2.34. The van der Waals surface area contributed by atoms with Crippen molar-refractivity contribution >= 4 is 10.9 Å². The summed E-state index contributed by atoms with van der Waals surface area (Å²) in [6.07, 6.45) is 6.37. The number of nitrogens with zero attached hydrogens (tertiary/aromatic N) is 2. The van der Waals surface area contributed by atoms with Crippen LogP contribution in [0.5, 0.6) is 0 Å². The maximum Gasteiger partial charge on any atom is 0.0486 e. The fourth-order valence-corrected chi connectivity index (χ4v) is 5.14. The van der Waals surface area contributed by atoms with E-state index in [-0.39, 0.29) is 0 Å². The molecule has 0 aliphatic carbocycles. The Morgan fingerprint density at radius 1 is 0.960 bits per heavy atom. The minimum absolute atomic E-state index is 0.616. The number of para-hydroxylation sites is 1.